The number of nitrogens with one attached hydrogen (secondary N) is 1. The van der Waals surface area contributed by atoms with Crippen molar-refractivity contribution in [1.29, 1.82) is 0 Å². The van der Waals surface area contributed by atoms with E-state index in [4.69, 9.17) is 4.42 Å². The van der Waals surface area contributed by atoms with E-state index in [1.807, 2.05) is 4.90 Å². The second kappa shape index (κ2) is 8.68. The average Bonchev–Trinajstić information content (AvgIpc) is 3.20. The SMILES string of the molecule is CC(=O)c1ccc(S(=O)(=O)N2CCN(CC(=O)NCc3ccco3)CC2)cc1. The van der Waals surface area contributed by atoms with Crippen LogP contribution in [0.2, 0.25) is 0 Å². The maximum absolute atomic E-state index is 12.8. The highest BCUT2D eigenvalue weighted by Gasteiger charge is 2.29. The van der Waals surface area contributed by atoms with Gasteiger partial charge >= 0.3 is 0 Å². The van der Waals surface area contributed by atoms with E-state index in [9.17, 15) is 18.0 Å². The largest absolute Gasteiger partial charge is 0.467 e. The zero-order chi connectivity index (χ0) is 20.1. The Bertz CT molecular complexity index is 915. The molecule has 1 fully saturated rings. The number of Topliss-reactive ketones (excluding diaryl/α,β-unsaturated/α-hetero) is 1. The van der Waals surface area contributed by atoms with Gasteiger partial charge in [0, 0.05) is 31.7 Å². The van der Waals surface area contributed by atoms with Crippen LogP contribution in [-0.4, -0.2) is 62.0 Å². The monoisotopic (exact) mass is 405 g/mol. The molecule has 1 aromatic carbocycles. The van der Waals surface area contributed by atoms with Crippen LogP contribution in [0.1, 0.15) is 23.0 Å². The Morgan fingerprint density at radius 2 is 1.75 bits per heavy atom. The highest BCUT2D eigenvalue weighted by atomic mass is 32.2. The van der Waals surface area contributed by atoms with Crippen LogP contribution in [0.25, 0.3) is 0 Å². The summed E-state index contributed by atoms with van der Waals surface area (Å²) < 4.78 is 32.1. The summed E-state index contributed by atoms with van der Waals surface area (Å²) in [5, 5.41) is 2.78. The molecule has 0 spiro atoms. The first-order valence-electron chi connectivity index (χ1n) is 8.99. The number of rotatable bonds is 7. The lowest BCUT2D eigenvalue weighted by atomic mass is 10.2. The molecule has 0 atom stereocenters. The number of piperazine rings is 1. The molecular formula is C19H23N3O5S. The quantitative estimate of drug-likeness (QED) is 0.693. The van der Waals surface area contributed by atoms with Gasteiger partial charge < -0.3 is 9.73 Å². The fourth-order valence-corrected chi connectivity index (χ4v) is 4.42. The Kier molecular flexibility index (Phi) is 6.28. The molecule has 1 aliphatic rings. The van der Waals surface area contributed by atoms with E-state index in [1.54, 1.807) is 18.4 Å². The minimum atomic E-state index is -3.61. The number of carbonyl (C=O) groups is 2. The van der Waals surface area contributed by atoms with E-state index in [0.29, 0.717) is 44.0 Å². The van der Waals surface area contributed by atoms with Crippen molar-refractivity contribution in [1.82, 2.24) is 14.5 Å². The number of furan rings is 1. The molecule has 3 rings (SSSR count). The Morgan fingerprint density at radius 1 is 1.07 bits per heavy atom. The third-order valence-electron chi connectivity index (χ3n) is 4.64. The molecule has 9 heteroatoms. The summed E-state index contributed by atoms with van der Waals surface area (Å²) in [4.78, 5) is 25.5. The normalized spacial score (nSPS) is 16.0. The van der Waals surface area contributed by atoms with Crippen molar-refractivity contribution < 1.29 is 22.4 Å². The van der Waals surface area contributed by atoms with Gasteiger partial charge in [-0.15, -0.1) is 0 Å². The van der Waals surface area contributed by atoms with Crippen LogP contribution in [0.3, 0.4) is 0 Å². The molecular weight excluding hydrogens is 382 g/mol. The molecule has 0 unspecified atom stereocenters. The van der Waals surface area contributed by atoms with Gasteiger partial charge in [-0.3, -0.25) is 14.5 Å². The molecule has 0 radical (unpaired) electrons. The molecule has 2 heterocycles. The summed E-state index contributed by atoms with van der Waals surface area (Å²) >= 11 is 0. The van der Waals surface area contributed by atoms with E-state index >= 15 is 0 Å². The number of hydrogen-bond donors (Lipinski definition) is 1. The molecule has 1 aromatic heterocycles. The van der Waals surface area contributed by atoms with Gasteiger partial charge in [0.15, 0.2) is 5.78 Å². The third kappa shape index (κ3) is 4.86. The summed E-state index contributed by atoms with van der Waals surface area (Å²) in [5.41, 5.74) is 0.476. The fourth-order valence-electron chi connectivity index (χ4n) is 3.00. The van der Waals surface area contributed by atoms with E-state index in [0.717, 1.165) is 0 Å². The highest BCUT2D eigenvalue weighted by molar-refractivity contribution is 7.89. The number of ketones is 1. The van der Waals surface area contributed by atoms with Gasteiger partial charge in [0.1, 0.15) is 5.76 Å². The van der Waals surface area contributed by atoms with Crippen molar-refractivity contribution in [3.63, 3.8) is 0 Å². The first-order chi connectivity index (χ1) is 13.4. The van der Waals surface area contributed by atoms with Gasteiger partial charge in [0.25, 0.3) is 0 Å². The number of nitrogens with zero attached hydrogens (tertiary/aromatic N) is 2. The molecule has 8 nitrogen and oxygen atoms in total. The molecule has 0 bridgehead atoms. The standard InChI is InChI=1S/C19H23N3O5S/c1-15(23)16-4-6-18(7-5-16)28(25,26)22-10-8-21(9-11-22)14-19(24)20-13-17-3-2-12-27-17/h2-7,12H,8-11,13-14H2,1H3,(H,20,24). The van der Waals surface area contributed by atoms with E-state index < -0.39 is 10.0 Å². The van der Waals surface area contributed by atoms with Crippen molar-refractivity contribution >= 4 is 21.7 Å². The lowest BCUT2D eigenvalue weighted by molar-refractivity contribution is -0.122. The number of hydrogen-bond acceptors (Lipinski definition) is 6. The van der Waals surface area contributed by atoms with Crippen LogP contribution in [0.5, 0.6) is 0 Å². The number of sulfonamides is 1. The van der Waals surface area contributed by atoms with Crippen molar-refractivity contribution in [3.8, 4) is 0 Å². The van der Waals surface area contributed by atoms with Crippen LogP contribution in [0.4, 0.5) is 0 Å². The van der Waals surface area contributed by atoms with E-state index in [-0.39, 0.29) is 23.1 Å². The van der Waals surface area contributed by atoms with Crippen LogP contribution < -0.4 is 5.32 Å². The summed E-state index contributed by atoms with van der Waals surface area (Å²) in [7, 11) is -3.61. The van der Waals surface area contributed by atoms with Gasteiger partial charge in [0.05, 0.1) is 24.2 Å². The van der Waals surface area contributed by atoms with Gasteiger partial charge in [0.2, 0.25) is 15.9 Å². The number of benzene rings is 1. The van der Waals surface area contributed by atoms with Gasteiger partial charge in [-0.2, -0.15) is 4.31 Å². The van der Waals surface area contributed by atoms with Crippen molar-refractivity contribution in [2.45, 2.75) is 18.4 Å². The molecule has 1 saturated heterocycles. The predicted octanol–water partition coefficient (Wildman–Crippen LogP) is 1.10. The zero-order valence-electron chi connectivity index (χ0n) is 15.6. The van der Waals surface area contributed by atoms with Crippen LogP contribution >= 0.6 is 0 Å². The van der Waals surface area contributed by atoms with Gasteiger partial charge in [-0.1, -0.05) is 12.1 Å². The summed E-state index contributed by atoms with van der Waals surface area (Å²) in [6, 6.07) is 9.51. The van der Waals surface area contributed by atoms with Gasteiger partial charge in [-0.05, 0) is 31.2 Å². The lowest BCUT2D eigenvalue weighted by Crippen LogP contribution is -2.50. The van der Waals surface area contributed by atoms with Crippen molar-refractivity contribution in [2.24, 2.45) is 0 Å². The molecule has 0 aliphatic carbocycles. The topological polar surface area (TPSA) is 99.9 Å². The molecule has 150 valence electrons. The Labute approximate surface area is 164 Å². The zero-order valence-corrected chi connectivity index (χ0v) is 16.4. The minimum Gasteiger partial charge on any atom is -0.467 e. The minimum absolute atomic E-state index is 0.108. The predicted molar refractivity (Wildman–Crippen MR) is 102 cm³/mol. The summed E-state index contributed by atoms with van der Waals surface area (Å²) in [5.74, 6) is 0.440. The second-order valence-corrected chi connectivity index (χ2v) is 8.55. The first-order valence-corrected chi connectivity index (χ1v) is 10.4. The van der Waals surface area contributed by atoms with Crippen molar-refractivity contribution in [2.75, 3.05) is 32.7 Å². The average molecular weight is 405 g/mol. The van der Waals surface area contributed by atoms with Crippen LogP contribution in [0.15, 0.2) is 52.0 Å². The fraction of sp³-hybridized carbons (Fsp3) is 0.368. The first kappa shape index (κ1) is 20.2. The Balaban J connectivity index is 1.51. The molecule has 2 aromatic rings. The van der Waals surface area contributed by atoms with Gasteiger partial charge in [-0.25, -0.2) is 8.42 Å². The lowest BCUT2D eigenvalue weighted by Gasteiger charge is -2.33. The van der Waals surface area contributed by atoms with E-state index in [1.165, 1.54) is 35.5 Å². The molecule has 1 N–H and O–H groups in total. The number of carbonyl (C=O) groups excluding carboxylic acids is 2. The maximum Gasteiger partial charge on any atom is 0.243 e. The number of amides is 1. The van der Waals surface area contributed by atoms with Crippen LogP contribution in [-0.2, 0) is 21.4 Å². The van der Waals surface area contributed by atoms with Crippen LogP contribution in [0, 0.1) is 0 Å². The smallest absolute Gasteiger partial charge is 0.243 e. The van der Waals surface area contributed by atoms with E-state index in [2.05, 4.69) is 5.32 Å². The molecule has 1 amide bonds. The molecule has 0 saturated carbocycles. The summed E-state index contributed by atoms with van der Waals surface area (Å²) in [6.07, 6.45) is 1.55. The second-order valence-electron chi connectivity index (χ2n) is 6.62. The molecule has 1 aliphatic heterocycles. The Hall–Kier alpha value is -2.49. The third-order valence-corrected chi connectivity index (χ3v) is 6.55. The Morgan fingerprint density at radius 3 is 2.32 bits per heavy atom. The van der Waals surface area contributed by atoms with Crippen molar-refractivity contribution in [3.05, 3.63) is 54.0 Å². The highest BCUT2D eigenvalue weighted by Crippen LogP contribution is 2.18. The molecule has 28 heavy (non-hydrogen) atoms. The summed E-state index contributed by atoms with van der Waals surface area (Å²) in [6.45, 7) is 3.54. The maximum atomic E-state index is 12.8.